The zero-order valence-electron chi connectivity index (χ0n) is 12.2. The quantitative estimate of drug-likeness (QED) is 0.873. The van der Waals surface area contributed by atoms with Crippen LogP contribution < -0.4 is 10.2 Å². The summed E-state index contributed by atoms with van der Waals surface area (Å²) in [6.07, 6.45) is 4.32. The molecule has 2 atom stereocenters. The summed E-state index contributed by atoms with van der Waals surface area (Å²) in [5, 5.41) is 3.60. The van der Waals surface area contributed by atoms with Gasteiger partial charge in [0, 0.05) is 45.1 Å². The Balaban J connectivity index is 1.77. The summed E-state index contributed by atoms with van der Waals surface area (Å²) < 4.78 is 0. The molecule has 2 fully saturated rings. The van der Waals surface area contributed by atoms with E-state index in [4.69, 9.17) is 0 Å². The second-order valence-corrected chi connectivity index (χ2v) is 5.97. The topological polar surface area (TPSA) is 48.5 Å². The average Bonchev–Trinajstić information content (AvgIpc) is 2.90. The van der Waals surface area contributed by atoms with Gasteiger partial charge in [0.2, 0.25) is 0 Å². The summed E-state index contributed by atoms with van der Waals surface area (Å²) in [7, 11) is 3.51. The lowest BCUT2D eigenvalue weighted by Gasteiger charge is -2.24. The summed E-state index contributed by atoms with van der Waals surface area (Å²) in [6.45, 7) is 3.25. The maximum atomic E-state index is 12.0. The average molecular weight is 274 g/mol. The van der Waals surface area contributed by atoms with Crippen molar-refractivity contribution in [3.8, 4) is 0 Å². The lowest BCUT2D eigenvalue weighted by molar-refractivity contribution is 0.0822. The Hall–Kier alpha value is -1.62. The van der Waals surface area contributed by atoms with Gasteiger partial charge in [-0.3, -0.25) is 9.78 Å². The van der Waals surface area contributed by atoms with Gasteiger partial charge in [-0.05, 0) is 37.4 Å². The van der Waals surface area contributed by atoms with Crippen molar-refractivity contribution in [2.24, 2.45) is 5.92 Å². The number of carbonyl (C=O) groups is 1. The van der Waals surface area contributed by atoms with Crippen LogP contribution >= 0.6 is 0 Å². The van der Waals surface area contributed by atoms with Gasteiger partial charge in [0.05, 0.1) is 0 Å². The van der Waals surface area contributed by atoms with Crippen LogP contribution in [0, 0.1) is 5.92 Å². The molecule has 5 heteroatoms. The van der Waals surface area contributed by atoms with Crippen molar-refractivity contribution in [2.75, 3.05) is 38.6 Å². The molecular formula is C15H22N4O. The largest absolute Gasteiger partial charge is 0.370 e. The number of hydrogen-bond donors (Lipinski definition) is 1. The number of amides is 1. The van der Waals surface area contributed by atoms with E-state index in [9.17, 15) is 4.79 Å². The molecule has 5 nitrogen and oxygen atoms in total. The third-order valence-electron chi connectivity index (χ3n) is 4.33. The van der Waals surface area contributed by atoms with Gasteiger partial charge < -0.3 is 15.1 Å². The predicted molar refractivity (Wildman–Crippen MR) is 79.0 cm³/mol. The van der Waals surface area contributed by atoms with E-state index in [0.29, 0.717) is 11.7 Å². The molecule has 108 valence electrons. The summed E-state index contributed by atoms with van der Waals surface area (Å²) >= 11 is 0. The molecule has 2 aliphatic heterocycles. The molecule has 0 unspecified atom stereocenters. The first-order valence-electron chi connectivity index (χ1n) is 7.31. The van der Waals surface area contributed by atoms with E-state index < -0.39 is 0 Å². The first-order valence-corrected chi connectivity index (χ1v) is 7.31. The van der Waals surface area contributed by atoms with Crippen molar-refractivity contribution in [3.05, 3.63) is 24.0 Å². The number of nitrogens with one attached hydrogen (secondary N) is 1. The first-order chi connectivity index (χ1) is 9.65. The maximum Gasteiger partial charge on any atom is 0.272 e. The van der Waals surface area contributed by atoms with Gasteiger partial charge in [-0.2, -0.15) is 0 Å². The molecule has 20 heavy (non-hydrogen) atoms. The molecule has 0 aromatic carbocycles. The van der Waals surface area contributed by atoms with Crippen LogP contribution in [0.25, 0.3) is 0 Å². The van der Waals surface area contributed by atoms with E-state index in [-0.39, 0.29) is 5.91 Å². The number of aromatic nitrogens is 1. The van der Waals surface area contributed by atoms with E-state index in [0.717, 1.165) is 31.2 Å². The van der Waals surface area contributed by atoms with Gasteiger partial charge in [0.25, 0.3) is 5.91 Å². The van der Waals surface area contributed by atoms with Gasteiger partial charge >= 0.3 is 0 Å². The molecule has 2 saturated heterocycles. The van der Waals surface area contributed by atoms with Gasteiger partial charge in [-0.15, -0.1) is 0 Å². The minimum atomic E-state index is -0.0402. The van der Waals surface area contributed by atoms with Crippen molar-refractivity contribution in [2.45, 2.75) is 18.9 Å². The lowest BCUT2D eigenvalue weighted by atomic mass is 9.94. The molecule has 2 aliphatic rings. The standard InChI is InChI=1S/C15H22N4O/c1-18(2)15(20)13-8-12(5-7-17-13)19-9-11-4-3-6-16-14(11)10-19/h5,7-8,11,14,16H,3-4,6,9-10H2,1-2H3/t11-,14+/m0/s1. The molecule has 0 aliphatic carbocycles. The molecule has 1 amide bonds. The maximum absolute atomic E-state index is 12.0. The monoisotopic (exact) mass is 274 g/mol. The van der Waals surface area contributed by atoms with Crippen LogP contribution in [0.4, 0.5) is 5.69 Å². The van der Waals surface area contributed by atoms with E-state index in [1.807, 2.05) is 12.1 Å². The molecule has 3 rings (SSSR count). The van der Waals surface area contributed by atoms with Crippen molar-refractivity contribution < 1.29 is 4.79 Å². The molecule has 0 saturated carbocycles. The molecule has 0 spiro atoms. The summed E-state index contributed by atoms with van der Waals surface area (Å²) in [6, 6.07) is 4.52. The minimum absolute atomic E-state index is 0.0402. The summed E-state index contributed by atoms with van der Waals surface area (Å²) in [4.78, 5) is 20.1. The molecule has 1 aromatic rings. The second kappa shape index (κ2) is 5.40. The van der Waals surface area contributed by atoms with Crippen LogP contribution in [0.15, 0.2) is 18.3 Å². The Labute approximate surface area is 120 Å². The Bertz CT molecular complexity index is 488. The lowest BCUT2D eigenvalue weighted by Crippen LogP contribution is -2.40. The van der Waals surface area contributed by atoms with Crippen molar-refractivity contribution in [3.63, 3.8) is 0 Å². The molecular weight excluding hydrogens is 252 g/mol. The van der Waals surface area contributed by atoms with Gasteiger partial charge in [-0.1, -0.05) is 0 Å². The third kappa shape index (κ3) is 2.50. The van der Waals surface area contributed by atoms with Crippen molar-refractivity contribution in [1.82, 2.24) is 15.2 Å². The third-order valence-corrected chi connectivity index (χ3v) is 4.33. The SMILES string of the molecule is CN(C)C(=O)c1cc(N2C[C@@H]3CCCN[C@@H]3C2)ccn1. The number of fused-ring (bicyclic) bond motifs is 1. The minimum Gasteiger partial charge on any atom is -0.370 e. The number of anilines is 1. The Morgan fingerprint density at radius 1 is 1.45 bits per heavy atom. The Morgan fingerprint density at radius 2 is 2.30 bits per heavy atom. The fourth-order valence-corrected chi connectivity index (χ4v) is 3.22. The molecule has 1 N–H and O–H groups in total. The smallest absolute Gasteiger partial charge is 0.272 e. The van der Waals surface area contributed by atoms with Gasteiger partial charge in [0.1, 0.15) is 5.69 Å². The Kier molecular flexibility index (Phi) is 3.61. The fourth-order valence-electron chi connectivity index (χ4n) is 3.22. The molecule has 0 bridgehead atoms. The van der Waals surface area contributed by atoms with E-state index in [1.54, 1.807) is 25.2 Å². The van der Waals surface area contributed by atoms with E-state index >= 15 is 0 Å². The number of hydrogen-bond acceptors (Lipinski definition) is 4. The van der Waals surface area contributed by atoms with Crippen LogP contribution in [0.5, 0.6) is 0 Å². The fraction of sp³-hybridized carbons (Fsp3) is 0.600. The van der Waals surface area contributed by atoms with E-state index in [1.165, 1.54) is 12.8 Å². The summed E-state index contributed by atoms with van der Waals surface area (Å²) in [5.41, 5.74) is 1.64. The highest BCUT2D eigenvalue weighted by Gasteiger charge is 2.34. The second-order valence-electron chi connectivity index (χ2n) is 5.97. The highest BCUT2D eigenvalue weighted by Crippen LogP contribution is 2.29. The first kappa shape index (κ1) is 13.4. The van der Waals surface area contributed by atoms with Crippen LogP contribution in [-0.2, 0) is 0 Å². The zero-order valence-corrected chi connectivity index (χ0v) is 12.2. The number of rotatable bonds is 2. The normalized spacial score (nSPS) is 25.4. The van der Waals surface area contributed by atoms with Crippen LogP contribution in [0.1, 0.15) is 23.3 Å². The molecule has 3 heterocycles. The highest BCUT2D eigenvalue weighted by molar-refractivity contribution is 5.92. The predicted octanol–water partition coefficient (Wildman–Crippen LogP) is 0.972. The highest BCUT2D eigenvalue weighted by atomic mass is 16.2. The van der Waals surface area contributed by atoms with Gasteiger partial charge in [0.15, 0.2) is 0 Å². The van der Waals surface area contributed by atoms with Crippen LogP contribution in [0.2, 0.25) is 0 Å². The molecule has 1 aromatic heterocycles. The van der Waals surface area contributed by atoms with Gasteiger partial charge in [-0.25, -0.2) is 0 Å². The zero-order chi connectivity index (χ0) is 14.1. The van der Waals surface area contributed by atoms with Crippen molar-refractivity contribution in [1.29, 1.82) is 0 Å². The van der Waals surface area contributed by atoms with Crippen LogP contribution in [-0.4, -0.2) is 55.6 Å². The Morgan fingerprint density at radius 3 is 3.05 bits per heavy atom. The number of carbonyl (C=O) groups excluding carboxylic acids is 1. The van der Waals surface area contributed by atoms with Crippen molar-refractivity contribution >= 4 is 11.6 Å². The number of pyridine rings is 1. The summed E-state index contributed by atoms with van der Waals surface area (Å²) in [5.74, 6) is 0.700. The number of piperidine rings is 1. The number of nitrogens with zero attached hydrogens (tertiary/aromatic N) is 3. The van der Waals surface area contributed by atoms with E-state index in [2.05, 4.69) is 15.2 Å². The molecule has 0 radical (unpaired) electrons. The van der Waals surface area contributed by atoms with Crippen LogP contribution in [0.3, 0.4) is 0 Å².